The number of nitrogens with one attached hydrogen (secondary N) is 1. The van der Waals surface area contributed by atoms with Gasteiger partial charge in [0.05, 0.1) is 0 Å². The Morgan fingerprint density at radius 2 is 2.19 bits per heavy atom. The molecule has 3 N–H and O–H groups in total. The molecule has 0 aliphatic carbocycles. The highest BCUT2D eigenvalue weighted by Crippen LogP contribution is 2.24. The van der Waals surface area contributed by atoms with E-state index < -0.39 is 6.36 Å². The van der Waals surface area contributed by atoms with Gasteiger partial charge in [-0.1, -0.05) is 18.9 Å². The first-order valence-corrected chi connectivity index (χ1v) is 5.76. The second-order valence-corrected chi connectivity index (χ2v) is 3.81. The molecule has 0 aromatic heterocycles. The number of terminal acetylenes is 1. The lowest BCUT2D eigenvalue weighted by Gasteiger charge is -2.11. The molecular formula is C13H15F3IN3O. The van der Waals surface area contributed by atoms with E-state index in [0.717, 1.165) is 6.07 Å². The van der Waals surface area contributed by atoms with Gasteiger partial charge in [-0.3, -0.25) is 0 Å². The summed E-state index contributed by atoms with van der Waals surface area (Å²) in [7, 11) is 0. The van der Waals surface area contributed by atoms with Gasteiger partial charge in [0, 0.05) is 11.8 Å². The van der Waals surface area contributed by atoms with Gasteiger partial charge < -0.3 is 15.8 Å². The van der Waals surface area contributed by atoms with Crippen molar-refractivity contribution in [3.05, 3.63) is 24.3 Å². The second-order valence-electron chi connectivity index (χ2n) is 3.81. The molecule has 0 radical (unpaired) electrons. The minimum Gasteiger partial charge on any atom is -0.406 e. The van der Waals surface area contributed by atoms with Gasteiger partial charge in [0.1, 0.15) is 11.8 Å². The molecule has 0 bridgehead atoms. The molecule has 0 saturated heterocycles. The molecule has 1 aromatic rings. The summed E-state index contributed by atoms with van der Waals surface area (Å²) >= 11 is 0. The van der Waals surface area contributed by atoms with Gasteiger partial charge in [0.15, 0.2) is 5.96 Å². The first kappa shape index (κ1) is 19.4. The third-order valence-corrected chi connectivity index (χ3v) is 2.21. The molecule has 4 nitrogen and oxygen atoms in total. The van der Waals surface area contributed by atoms with Crippen molar-refractivity contribution in [2.45, 2.75) is 25.7 Å². The molecule has 0 aliphatic rings. The summed E-state index contributed by atoms with van der Waals surface area (Å²) in [5, 5.41) is 2.65. The molecule has 0 amide bonds. The quantitative estimate of drug-likeness (QED) is 0.345. The minimum atomic E-state index is -4.74. The number of aliphatic imine (C=N–C) groups is 1. The van der Waals surface area contributed by atoms with Crippen molar-refractivity contribution in [1.82, 2.24) is 0 Å². The number of rotatable bonds is 4. The molecule has 0 heterocycles. The summed E-state index contributed by atoms with van der Waals surface area (Å²) in [6, 6.07) is 4.89. The highest BCUT2D eigenvalue weighted by Gasteiger charge is 2.31. The van der Waals surface area contributed by atoms with E-state index in [1.54, 1.807) is 0 Å². The minimum absolute atomic E-state index is 0. The Kier molecular flexibility index (Phi) is 7.94. The average molecular weight is 413 g/mol. The summed E-state index contributed by atoms with van der Waals surface area (Å²) in [6.07, 6.45) is 1.10. The van der Waals surface area contributed by atoms with Crippen LogP contribution in [0.15, 0.2) is 29.3 Å². The third kappa shape index (κ3) is 7.65. The normalized spacial score (nSPS) is 12.8. The number of anilines is 1. The number of nitrogens with two attached hydrogens (primary N) is 1. The topological polar surface area (TPSA) is 59.6 Å². The van der Waals surface area contributed by atoms with Crippen LogP contribution in [0.3, 0.4) is 0 Å². The summed E-state index contributed by atoms with van der Waals surface area (Å²) < 4.78 is 40.1. The molecular weight excluding hydrogens is 398 g/mol. The van der Waals surface area contributed by atoms with Gasteiger partial charge in [-0.05, 0) is 18.6 Å². The van der Waals surface area contributed by atoms with Crippen LogP contribution in [-0.2, 0) is 0 Å². The first-order chi connectivity index (χ1) is 9.34. The molecule has 1 atom stereocenters. The predicted molar refractivity (Wildman–Crippen MR) is 86.7 cm³/mol. The lowest BCUT2D eigenvalue weighted by molar-refractivity contribution is -0.274. The van der Waals surface area contributed by atoms with Gasteiger partial charge in [-0.25, -0.2) is 4.99 Å². The van der Waals surface area contributed by atoms with E-state index in [1.807, 2.05) is 6.92 Å². The zero-order chi connectivity index (χ0) is 15.2. The van der Waals surface area contributed by atoms with Gasteiger partial charge in [-0.2, -0.15) is 0 Å². The maximum absolute atomic E-state index is 12.1. The van der Waals surface area contributed by atoms with Crippen LogP contribution < -0.4 is 15.8 Å². The SMILES string of the molecule is C#CC(CC)N=C(N)Nc1cccc(OC(F)(F)F)c1.I. The Bertz CT molecular complexity index is 526. The number of halogens is 4. The molecule has 0 spiro atoms. The van der Waals surface area contributed by atoms with Gasteiger partial charge in [0.2, 0.25) is 0 Å². The average Bonchev–Trinajstić information content (AvgIpc) is 2.34. The van der Waals surface area contributed by atoms with Crippen molar-refractivity contribution in [2.24, 2.45) is 10.7 Å². The van der Waals surface area contributed by atoms with Crippen molar-refractivity contribution < 1.29 is 17.9 Å². The number of alkyl halides is 3. The molecule has 116 valence electrons. The zero-order valence-electron chi connectivity index (χ0n) is 11.1. The largest absolute Gasteiger partial charge is 0.573 e. The highest BCUT2D eigenvalue weighted by atomic mass is 127. The van der Waals surface area contributed by atoms with Crippen molar-refractivity contribution >= 4 is 35.6 Å². The van der Waals surface area contributed by atoms with Crippen molar-refractivity contribution in [3.63, 3.8) is 0 Å². The van der Waals surface area contributed by atoms with Crippen LogP contribution in [0.5, 0.6) is 5.75 Å². The monoisotopic (exact) mass is 413 g/mol. The Morgan fingerprint density at radius 1 is 1.52 bits per heavy atom. The van der Waals surface area contributed by atoms with Crippen LogP contribution in [0.1, 0.15) is 13.3 Å². The van der Waals surface area contributed by atoms with Crippen molar-refractivity contribution in [1.29, 1.82) is 0 Å². The number of hydrogen-bond acceptors (Lipinski definition) is 2. The van der Waals surface area contributed by atoms with Crippen LogP contribution in [0.4, 0.5) is 18.9 Å². The van der Waals surface area contributed by atoms with E-state index in [9.17, 15) is 13.2 Å². The number of hydrogen-bond donors (Lipinski definition) is 2. The molecule has 0 fully saturated rings. The van der Waals surface area contributed by atoms with E-state index in [0.29, 0.717) is 12.1 Å². The van der Waals surface area contributed by atoms with E-state index in [-0.39, 0.29) is 41.7 Å². The fraction of sp³-hybridized carbons (Fsp3) is 0.308. The van der Waals surface area contributed by atoms with Crippen LogP contribution in [-0.4, -0.2) is 18.4 Å². The highest BCUT2D eigenvalue weighted by molar-refractivity contribution is 14.0. The fourth-order valence-corrected chi connectivity index (χ4v) is 1.37. The maximum atomic E-state index is 12.1. The summed E-state index contributed by atoms with van der Waals surface area (Å²) in [6.45, 7) is 1.85. The number of benzene rings is 1. The Balaban J connectivity index is 0.00000400. The van der Waals surface area contributed by atoms with Crippen molar-refractivity contribution in [3.8, 4) is 18.1 Å². The lowest BCUT2D eigenvalue weighted by atomic mass is 10.2. The smallest absolute Gasteiger partial charge is 0.406 e. The molecule has 1 unspecified atom stereocenters. The predicted octanol–water partition coefficient (Wildman–Crippen LogP) is 3.34. The third-order valence-electron chi connectivity index (χ3n) is 2.21. The van der Waals surface area contributed by atoms with E-state index in [1.165, 1.54) is 18.2 Å². The molecule has 1 aromatic carbocycles. The summed E-state index contributed by atoms with van der Waals surface area (Å²) in [5.41, 5.74) is 5.93. The van der Waals surface area contributed by atoms with Crippen LogP contribution in [0, 0.1) is 12.3 Å². The Morgan fingerprint density at radius 3 is 2.71 bits per heavy atom. The van der Waals surface area contributed by atoms with Gasteiger partial charge in [-0.15, -0.1) is 43.6 Å². The summed E-state index contributed by atoms with van der Waals surface area (Å²) in [4.78, 5) is 4.00. The van der Waals surface area contributed by atoms with Gasteiger partial charge in [0.25, 0.3) is 0 Å². The molecule has 21 heavy (non-hydrogen) atoms. The van der Waals surface area contributed by atoms with Crippen LogP contribution >= 0.6 is 24.0 Å². The maximum Gasteiger partial charge on any atom is 0.573 e. The number of ether oxygens (including phenoxy) is 1. The van der Waals surface area contributed by atoms with Crippen LogP contribution in [0.2, 0.25) is 0 Å². The standard InChI is InChI=1S/C13H14F3N3O.HI/c1-3-9(4-2)18-12(17)19-10-6-5-7-11(8-10)20-13(14,15)16;/h1,5-9H,4H2,2H3,(H3,17,18,19);1H. The van der Waals surface area contributed by atoms with Gasteiger partial charge >= 0.3 is 6.36 Å². The van der Waals surface area contributed by atoms with E-state index in [4.69, 9.17) is 12.2 Å². The van der Waals surface area contributed by atoms with E-state index in [2.05, 4.69) is 21.0 Å². The summed E-state index contributed by atoms with van der Waals surface area (Å²) in [5.74, 6) is 2.11. The second kappa shape index (κ2) is 8.61. The number of nitrogens with zero attached hydrogens (tertiary/aromatic N) is 1. The lowest BCUT2D eigenvalue weighted by Crippen LogP contribution is -2.24. The fourth-order valence-electron chi connectivity index (χ4n) is 1.37. The molecule has 8 heteroatoms. The molecule has 0 aliphatic heterocycles. The molecule has 1 rings (SSSR count). The first-order valence-electron chi connectivity index (χ1n) is 5.76. The van der Waals surface area contributed by atoms with Crippen LogP contribution in [0.25, 0.3) is 0 Å². The Labute approximate surface area is 138 Å². The number of guanidine groups is 1. The zero-order valence-corrected chi connectivity index (χ0v) is 13.5. The Hall–Kier alpha value is -1.63. The molecule has 0 saturated carbocycles. The van der Waals surface area contributed by atoms with Crippen molar-refractivity contribution in [2.75, 3.05) is 5.32 Å². The van der Waals surface area contributed by atoms with E-state index >= 15 is 0 Å².